The summed E-state index contributed by atoms with van der Waals surface area (Å²) in [6.45, 7) is 10.2. The van der Waals surface area contributed by atoms with E-state index in [1.165, 1.54) is 11.8 Å². The summed E-state index contributed by atoms with van der Waals surface area (Å²) in [7, 11) is 0. The molecule has 0 spiro atoms. The fraction of sp³-hybridized carbons (Fsp3) is 0.353. The van der Waals surface area contributed by atoms with Crippen LogP contribution in [0.2, 0.25) is 5.02 Å². The van der Waals surface area contributed by atoms with E-state index in [0.717, 1.165) is 11.4 Å². The second-order valence-electron chi connectivity index (χ2n) is 6.30. The van der Waals surface area contributed by atoms with Gasteiger partial charge in [-0.1, -0.05) is 29.4 Å². The van der Waals surface area contributed by atoms with E-state index in [-0.39, 0.29) is 17.2 Å². The van der Waals surface area contributed by atoms with Crippen molar-refractivity contribution in [1.29, 1.82) is 0 Å². The zero-order valence-corrected chi connectivity index (χ0v) is 15.6. The average molecular weight is 365 g/mol. The van der Waals surface area contributed by atoms with Crippen molar-refractivity contribution in [2.24, 2.45) is 0 Å². The minimum atomic E-state index is -0.249. The van der Waals surface area contributed by atoms with Crippen LogP contribution in [0.15, 0.2) is 42.1 Å². The van der Waals surface area contributed by atoms with Gasteiger partial charge in [0.25, 0.3) is 0 Å². The lowest BCUT2D eigenvalue weighted by molar-refractivity contribution is -0.119. The van der Waals surface area contributed by atoms with E-state index in [9.17, 15) is 4.79 Å². The lowest BCUT2D eigenvalue weighted by atomic mass is 10.1. The minimum Gasteiger partial charge on any atom is -0.351 e. The van der Waals surface area contributed by atoms with Crippen molar-refractivity contribution in [3.8, 4) is 11.4 Å². The van der Waals surface area contributed by atoms with Gasteiger partial charge in [-0.15, -0.1) is 16.8 Å². The molecule has 0 atom stereocenters. The van der Waals surface area contributed by atoms with E-state index in [2.05, 4.69) is 22.1 Å². The fourth-order valence-corrected chi connectivity index (χ4v) is 2.96. The molecule has 1 amide bonds. The van der Waals surface area contributed by atoms with Crippen LogP contribution in [0.4, 0.5) is 0 Å². The van der Waals surface area contributed by atoms with Crippen LogP contribution in [0.25, 0.3) is 11.4 Å². The number of hydrogen-bond acceptors (Lipinski definition) is 4. The molecule has 0 aliphatic carbocycles. The van der Waals surface area contributed by atoms with Gasteiger partial charge in [0, 0.05) is 22.7 Å². The van der Waals surface area contributed by atoms with Gasteiger partial charge in [0.15, 0.2) is 11.0 Å². The Bertz CT molecular complexity index is 719. The van der Waals surface area contributed by atoms with Gasteiger partial charge in [-0.2, -0.15) is 0 Å². The molecule has 0 unspecified atom stereocenters. The molecule has 1 aromatic heterocycles. The molecule has 0 fully saturated rings. The molecule has 0 saturated heterocycles. The van der Waals surface area contributed by atoms with Gasteiger partial charge in [-0.05, 0) is 45.0 Å². The molecule has 5 nitrogen and oxygen atoms in total. The number of thioether (sulfide) groups is 1. The molecular weight excluding hydrogens is 344 g/mol. The number of carbonyl (C=O) groups excluding carboxylic acids is 1. The third-order valence-electron chi connectivity index (χ3n) is 2.98. The summed E-state index contributed by atoms with van der Waals surface area (Å²) < 4.78 is 1.94. The monoisotopic (exact) mass is 364 g/mol. The van der Waals surface area contributed by atoms with Gasteiger partial charge in [0.1, 0.15) is 0 Å². The average Bonchev–Trinajstić information content (AvgIpc) is 2.88. The maximum Gasteiger partial charge on any atom is 0.230 e. The quantitative estimate of drug-likeness (QED) is 0.625. The normalized spacial score (nSPS) is 11.3. The van der Waals surface area contributed by atoms with E-state index in [0.29, 0.717) is 16.7 Å². The lowest BCUT2D eigenvalue weighted by Gasteiger charge is -2.20. The first kappa shape index (κ1) is 18.5. The molecule has 0 aliphatic rings. The highest BCUT2D eigenvalue weighted by atomic mass is 35.5. The summed E-state index contributed by atoms with van der Waals surface area (Å²) in [6.07, 6.45) is 1.78. The van der Waals surface area contributed by atoms with Gasteiger partial charge in [-0.3, -0.25) is 9.36 Å². The SMILES string of the molecule is C=CCn1c(SCC(=O)NC(C)(C)C)nnc1-c1ccc(Cl)cc1. The number of nitrogens with one attached hydrogen (secondary N) is 1. The topological polar surface area (TPSA) is 59.8 Å². The van der Waals surface area contributed by atoms with Crippen LogP contribution in [0.1, 0.15) is 20.8 Å². The summed E-state index contributed by atoms with van der Waals surface area (Å²) in [6, 6.07) is 7.42. The first-order chi connectivity index (χ1) is 11.3. The van der Waals surface area contributed by atoms with Gasteiger partial charge in [-0.25, -0.2) is 0 Å². The molecule has 0 aliphatic heterocycles. The first-order valence-corrected chi connectivity index (χ1v) is 8.90. The molecule has 1 aromatic carbocycles. The number of amides is 1. The summed E-state index contributed by atoms with van der Waals surface area (Å²) >= 11 is 7.29. The van der Waals surface area contributed by atoms with Crippen LogP contribution >= 0.6 is 23.4 Å². The number of nitrogens with zero attached hydrogens (tertiary/aromatic N) is 3. The van der Waals surface area contributed by atoms with E-state index in [4.69, 9.17) is 11.6 Å². The molecule has 128 valence electrons. The van der Waals surface area contributed by atoms with Crippen LogP contribution in [-0.4, -0.2) is 32.0 Å². The number of carbonyl (C=O) groups is 1. The van der Waals surface area contributed by atoms with E-state index in [1.54, 1.807) is 6.08 Å². The van der Waals surface area contributed by atoms with Gasteiger partial charge < -0.3 is 5.32 Å². The second kappa shape index (κ2) is 7.85. The Hall–Kier alpha value is -1.79. The van der Waals surface area contributed by atoms with Crippen LogP contribution in [-0.2, 0) is 11.3 Å². The Kier molecular flexibility index (Phi) is 6.07. The van der Waals surface area contributed by atoms with Crippen LogP contribution in [0, 0.1) is 0 Å². The van der Waals surface area contributed by atoms with Crippen LogP contribution in [0.3, 0.4) is 0 Å². The predicted octanol–water partition coefficient (Wildman–Crippen LogP) is 3.79. The zero-order valence-electron chi connectivity index (χ0n) is 14.0. The molecule has 2 aromatic rings. The van der Waals surface area contributed by atoms with Gasteiger partial charge >= 0.3 is 0 Å². The lowest BCUT2D eigenvalue weighted by Crippen LogP contribution is -2.41. The Morgan fingerprint density at radius 2 is 2.00 bits per heavy atom. The number of rotatable bonds is 6. The molecule has 24 heavy (non-hydrogen) atoms. The summed E-state index contributed by atoms with van der Waals surface area (Å²) in [5.74, 6) is 0.978. The first-order valence-electron chi connectivity index (χ1n) is 7.54. The number of aromatic nitrogens is 3. The third kappa shape index (κ3) is 5.11. The molecule has 7 heteroatoms. The highest BCUT2D eigenvalue weighted by molar-refractivity contribution is 7.99. The van der Waals surface area contributed by atoms with Crippen molar-refractivity contribution in [2.75, 3.05) is 5.75 Å². The molecule has 2 rings (SSSR count). The molecule has 0 bridgehead atoms. The summed E-state index contributed by atoms with van der Waals surface area (Å²) in [5, 5.41) is 12.8. The zero-order chi connectivity index (χ0) is 17.7. The Labute approximate surface area is 151 Å². The summed E-state index contributed by atoms with van der Waals surface area (Å²) in [4.78, 5) is 12.0. The smallest absolute Gasteiger partial charge is 0.230 e. The molecule has 0 radical (unpaired) electrons. The van der Waals surface area contributed by atoms with Crippen molar-refractivity contribution < 1.29 is 4.79 Å². The van der Waals surface area contributed by atoms with Crippen LogP contribution < -0.4 is 5.32 Å². The van der Waals surface area contributed by atoms with Gasteiger partial charge in [0.2, 0.25) is 5.91 Å². The standard InChI is InChI=1S/C17H21ClN4OS/c1-5-10-22-15(12-6-8-13(18)9-7-12)20-21-16(22)24-11-14(23)19-17(2,3)4/h5-9H,1,10-11H2,2-4H3,(H,19,23). The number of allylic oxidation sites excluding steroid dienone is 1. The highest BCUT2D eigenvalue weighted by Crippen LogP contribution is 2.25. The van der Waals surface area contributed by atoms with E-state index < -0.39 is 0 Å². The van der Waals surface area contributed by atoms with Crippen molar-refractivity contribution in [3.05, 3.63) is 41.9 Å². The molecular formula is C17H21ClN4OS. The van der Waals surface area contributed by atoms with Gasteiger partial charge in [0.05, 0.1) is 5.75 Å². The van der Waals surface area contributed by atoms with Crippen LogP contribution in [0.5, 0.6) is 0 Å². The third-order valence-corrected chi connectivity index (χ3v) is 4.20. The molecule has 1 N–H and O–H groups in total. The Balaban J connectivity index is 2.17. The minimum absolute atomic E-state index is 0.0336. The van der Waals surface area contributed by atoms with E-state index in [1.807, 2.05) is 49.6 Å². The Morgan fingerprint density at radius 1 is 1.33 bits per heavy atom. The fourth-order valence-electron chi connectivity index (χ4n) is 2.09. The van der Waals surface area contributed by atoms with E-state index >= 15 is 0 Å². The number of hydrogen-bond donors (Lipinski definition) is 1. The van der Waals surface area contributed by atoms with Crippen molar-refractivity contribution in [1.82, 2.24) is 20.1 Å². The largest absolute Gasteiger partial charge is 0.351 e. The van der Waals surface area contributed by atoms with Crippen molar-refractivity contribution >= 4 is 29.3 Å². The molecule has 1 heterocycles. The highest BCUT2D eigenvalue weighted by Gasteiger charge is 2.17. The maximum atomic E-state index is 12.0. The van der Waals surface area contributed by atoms with Crippen molar-refractivity contribution in [3.63, 3.8) is 0 Å². The Morgan fingerprint density at radius 3 is 2.58 bits per heavy atom. The number of halogens is 1. The second-order valence-corrected chi connectivity index (χ2v) is 7.68. The summed E-state index contributed by atoms with van der Waals surface area (Å²) in [5.41, 5.74) is 0.667. The number of benzene rings is 1. The molecule has 0 saturated carbocycles. The maximum absolute atomic E-state index is 12.0. The van der Waals surface area contributed by atoms with Crippen molar-refractivity contribution in [2.45, 2.75) is 38.0 Å². The predicted molar refractivity (Wildman–Crippen MR) is 99.3 cm³/mol.